The Morgan fingerprint density at radius 2 is 1.63 bits per heavy atom. The van der Waals surface area contributed by atoms with Crippen molar-refractivity contribution in [2.45, 2.75) is 19.3 Å². The molecule has 0 bridgehead atoms. The third-order valence-corrected chi connectivity index (χ3v) is 5.29. The van der Waals surface area contributed by atoms with Gasteiger partial charge < -0.3 is 14.7 Å². The molecular formula is C17H22N10. The zero-order valence-electron chi connectivity index (χ0n) is 15.1. The first-order chi connectivity index (χ1) is 13.4. The number of anilines is 3. The molecule has 27 heavy (non-hydrogen) atoms. The fourth-order valence-corrected chi connectivity index (χ4v) is 3.80. The molecule has 0 aromatic carbocycles. The highest BCUT2D eigenvalue weighted by molar-refractivity contribution is 5.49. The summed E-state index contributed by atoms with van der Waals surface area (Å²) in [4.78, 5) is 20.5. The molecule has 0 saturated carbocycles. The van der Waals surface area contributed by atoms with E-state index in [4.69, 9.17) is 4.98 Å². The summed E-state index contributed by atoms with van der Waals surface area (Å²) >= 11 is 0. The van der Waals surface area contributed by atoms with Gasteiger partial charge in [0.2, 0.25) is 5.95 Å². The van der Waals surface area contributed by atoms with E-state index in [1.807, 2.05) is 18.5 Å². The molecular weight excluding hydrogens is 344 g/mol. The minimum Gasteiger partial charge on any atom is -0.353 e. The molecule has 3 aromatic rings. The van der Waals surface area contributed by atoms with Crippen LogP contribution < -0.4 is 14.7 Å². The maximum atomic E-state index is 4.83. The van der Waals surface area contributed by atoms with Crippen molar-refractivity contribution in [2.24, 2.45) is 0 Å². The van der Waals surface area contributed by atoms with Crippen molar-refractivity contribution in [2.75, 3.05) is 54.0 Å². The van der Waals surface area contributed by atoms with Gasteiger partial charge in [0.05, 0.1) is 12.4 Å². The van der Waals surface area contributed by atoms with Crippen LogP contribution in [0.3, 0.4) is 0 Å². The molecule has 0 radical (unpaired) electrons. The number of tetrazole rings is 1. The van der Waals surface area contributed by atoms with Gasteiger partial charge in [0.15, 0.2) is 11.5 Å². The van der Waals surface area contributed by atoms with Gasteiger partial charge in [-0.25, -0.2) is 4.98 Å². The van der Waals surface area contributed by atoms with Crippen LogP contribution >= 0.6 is 0 Å². The number of hydrogen-bond acceptors (Lipinski definition) is 9. The van der Waals surface area contributed by atoms with Crippen molar-refractivity contribution in [3.8, 4) is 0 Å². The zero-order valence-corrected chi connectivity index (χ0v) is 15.1. The van der Waals surface area contributed by atoms with Crippen LogP contribution in [0.15, 0.2) is 24.7 Å². The van der Waals surface area contributed by atoms with Crippen LogP contribution in [-0.2, 0) is 0 Å². The highest BCUT2D eigenvalue weighted by atomic mass is 15.5. The average Bonchev–Trinajstić information content (AvgIpc) is 3.24. The van der Waals surface area contributed by atoms with E-state index < -0.39 is 0 Å². The van der Waals surface area contributed by atoms with E-state index in [2.05, 4.69) is 40.2 Å². The van der Waals surface area contributed by atoms with E-state index in [1.54, 1.807) is 10.7 Å². The smallest absolute Gasteiger partial charge is 0.227 e. The molecule has 10 nitrogen and oxygen atoms in total. The van der Waals surface area contributed by atoms with E-state index in [0.717, 1.165) is 56.9 Å². The number of fused-ring (bicyclic) bond motifs is 1. The molecule has 10 heteroatoms. The van der Waals surface area contributed by atoms with Gasteiger partial charge in [-0.05, 0) is 35.8 Å². The Bertz CT molecular complexity index is 911. The normalized spacial score (nSPS) is 18.3. The summed E-state index contributed by atoms with van der Waals surface area (Å²) in [7, 11) is 0. The SMILES string of the molecule is c1cc(N2CCN(c3cncc4nnnn34)CC2)nc(N2CCCCC2)n1. The van der Waals surface area contributed by atoms with E-state index in [1.165, 1.54) is 19.3 Å². The average molecular weight is 366 g/mol. The van der Waals surface area contributed by atoms with Crippen molar-refractivity contribution in [1.82, 2.24) is 35.0 Å². The molecule has 5 rings (SSSR count). The van der Waals surface area contributed by atoms with E-state index in [9.17, 15) is 0 Å². The summed E-state index contributed by atoms with van der Waals surface area (Å²) in [6.07, 6.45) is 9.12. The van der Waals surface area contributed by atoms with Gasteiger partial charge in [-0.1, -0.05) is 0 Å². The topological polar surface area (TPSA) is 91.5 Å². The summed E-state index contributed by atoms with van der Waals surface area (Å²) in [5.41, 5.74) is 0.664. The van der Waals surface area contributed by atoms with Crippen LogP contribution in [0.2, 0.25) is 0 Å². The Balaban J connectivity index is 1.30. The highest BCUT2D eigenvalue weighted by Gasteiger charge is 2.22. The second kappa shape index (κ2) is 6.93. The van der Waals surface area contributed by atoms with Crippen molar-refractivity contribution in [3.05, 3.63) is 24.7 Å². The van der Waals surface area contributed by atoms with Crippen LogP contribution in [0.1, 0.15) is 19.3 Å². The third-order valence-electron chi connectivity index (χ3n) is 5.29. The van der Waals surface area contributed by atoms with E-state index >= 15 is 0 Å². The number of hydrogen-bond donors (Lipinski definition) is 0. The molecule has 5 heterocycles. The molecule has 0 N–H and O–H groups in total. The fourth-order valence-electron chi connectivity index (χ4n) is 3.80. The van der Waals surface area contributed by atoms with Crippen LogP contribution in [-0.4, -0.2) is 74.3 Å². The molecule has 2 saturated heterocycles. The predicted octanol–water partition coefficient (Wildman–Crippen LogP) is 0.626. The van der Waals surface area contributed by atoms with Gasteiger partial charge in [0.25, 0.3) is 0 Å². The highest BCUT2D eigenvalue weighted by Crippen LogP contribution is 2.21. The summed E-state index contributed by atoms with van der Waals surface area (Å²) in [6, 6.07) is 2.01. The summed E-state index contributed by atoms with van der Waals surface area (Å²) in [5.74, 6) is 2.79. The molecule has 2 aliphatic heterocycles. The molecule has 3 aromatic heterocycles. The van der Waals surface area contributed by atoms with Crippen molar-refractivity contribution in [1.29, 1.82) is 0 Å². The lowest BCUT2D eigenvalue weighted by Gasteiger charge is -2.36. The van der Waals surface area contributed by atoms with Crippen LogP contribution in [0.5, 0.6) is 0 Å². The number of rotatable bonds is 3. The number of piperazine rings is 1. The van der Waals surface area contributed by atoms with Crippen molar-refractivity contribution in [3.63, 3.8) is 0 Å². The first-order valence-electron chi connectivity index (χ1n) is 9.48. The Kier molecular flexibility index (Phi) is 4.15. The first-order valence-corrected chi connectivity index (χ1v) is 9.48. The Morgan fingerprint density at radius 3 is 2.48 bits per heavy atom. The maximum absolute atomic E-state index is 4.83. The molecule has 0 atom stereocenters. The van der Waals surface area contributed by atoms with Gasteiger partial charge in [-0.15, -0.1) is 5.10 Å². The van der Waals surface area contributed by atoms with Gasteiger partial charge in [0.1, 0.15) is 5.82 Å². The Morgan fingerprint density at radius 1 is 0.815 bits per heavy atom. The lowest BCUT2D eigenvalue weighted by Crippen LogP contribution is -2.47. The standard InChI is InChI=1S/C17H22N10/c1-2-6-26(7-3-1)17-19-5-4-14(20-17)24-8-10-25(11-9-24)16-13-18-12-15-21-22-23-27(15)16/h4-5,12-13H,1-3,6-11H2. The number of aromatic nitrogens is 7. The minimum atomic E-state index is 0.664. The third kappa shape index (κ3) is 3.11. The minimum absolute atomic E-state index is 0.664. The molecule has 0 spiro atoms. The Labute approximate surface area is 156 Å². The second-order valence-corrected chi connectivity index (χ2v) is 6.95. The lowest BCUT2D eigenvalue weighted by molar-refractivity contribution is 0.567. The van der Waals surface area contributed by atoms with Crippen molar-refractivity contribution < 1.29 is 0 Å². The molecule has 140 valence electrons. The van der Waals surface area contributed by atoms with Crippen LogP contribution in [0.25, 0.3) is 5.65 Å². The molecule has 0 unspecified atom stereocenters. The summed E-state index contributed by atoms with van der Waals surface area (Å²) in [6.45, 7) is 5.61. The monoisotopic (exact) mass is 366 g/mol. The molecule has 2 fully saturated rings. The Hall–Kier alpha value is -3.04. The maximum Gasteiger partial charge on any atom is 0.227 e. The van der Waals surface area contributed by atoms with Gasteiger partial charge in [0, 0.05) is 45.5 Å². The first kappa shape index (κ1) is 16.2. The quantitative estimate of drug-likeness (QED) is 0.661. The van der Waals surface area contributed by atoms with Crippen LogP contribution in [0.4, 0.5) is 17.6 Å². The van der Waals surface area contributed by atoms with Crippen molar-refractivity contribution >= 4 is 23.2 Å². The van der Waals surface area contributed by atoms with Crippen LogP contribution in [0, 0.1) is 0 Å². The van der Waals surface area contributed by atoms with Gasteiger partial charge >= 0.3 is 0 Å². The van der Waals surface area contributed by atoms with Gasteiger partial charge in [-0.3, -0.25) is 4.98 Å². The molecule has 0 amide bonds. The van der Waals surface area contributed by atoms with Gasteiger partial charge in [-0.2, -0.15) is 9.50 Å². The summed E-state index contributed by atoms with van der Waals surface area (Å²) in [5, 5.41) is 11.8. The second-order valence-electron chi connectivity index (χ2n) is 6.95. The van der Waals surface area contributed by atoms with E-state index in [-0.39, 0.29) is 0 Å². The lowest BCUT2D eigenvalue weighted by atomic mass is 10.1. The summed E-state index contributed by atoms with van der Waals surface area (Å²) < 4.78 is 1.74. The zero-order chi connectivity index (χ0) is 18.1. The fraction of sp³-hybridized carbons (Fsp3) is 0.529. The number of nitrogens with zero attached hydrogens (tertiary/aromatic N) is 10. The number of piperidine rings is 1. The predicted molar refractivity (Wildman–Crippen MR) is 101 cm³/mol. The molecule has 0 aliphatic carbocycles. The molecule has 2 aliphatic rings. The van der Waals surface area contributed by atoms with E-state index in [0.29, 0.717) is 5.65 Å². The largest absolute Gasteiger partial charge is 0.353 e.